The zero-order valence-electron chi connectivity index (χ0n) is 18.6. The van der Waals surface area contributed by atoms with E-state index in [9.17, 15) is 91.2 Å². The molecule has 4 N–H and O–H groups in total. The molecule has 0 atom stereocenters. The molecule has 0 unspecified atom stereocenters. The first-order chi connectivity index (χ1) is 18.1. The molecule has 1 rings (SSSR count). The predicted octanol–water partition coefficient (Wildman–Crippen LogP) is 1.27. The van der Waals surface area contributed by atoms with Crippen molar-refractivity contribution in [3.05, 3.63) is 29.8 Å². The number of sulfonamides is 2. The summed E-state index contributed by atoms with van der Waals surface area (Å²) < 4.78 is 262. The second-order valence-electron chi connectivity index (χ2n) is 7.23. The molecule has 244 valence electrons. The number of amides is 1. The molecule has 0 aliphatic carbocycles. The van der Waals surface area contributed by atoms with Gasteiger partial charge in [-0.3, -0.25) is 9.35 Å². The van der Waals surface area contributed by atoms with Crippen molar-refractivity contribution in [3.63, 3.8) is 0 Å². The van der Waals surface area contributed by atoms with Crippen molar-refractivity contribution < 1.29 is 99.9 Å². The average Bonchev–Trinajstić information content (AvgIpc) is 2.76. The lowest BCUT2D eigenvalue weighted by atomic mass is 10.2. The van der Waals surface area contributed by atoms with Crippen LogP contribution in [0, 0.1) is 0 Å². The Labute approximate surface area is 224 Å². The topological polar surface area (TPSA) is 221 Å². The summed E-state index contributed by atoms with van der Waals surface area (Å²) in [4.78, 5) is 11.8. The molecule has 0 aliphatic heterocycles. The molecular formula is C13H8F12N2O11S4. The largest absolute Gasteiger partial charge is 0.450 e. The Morgan fingerprint density at radius 2 is 1.05 bits per heavy atom. The van der Waals surface area contributed by atoms with Crippen LogP contribution in [0.5, 0.6) is 5.75 Å². The third-order valence-corrected chi connectivity index (χ3v) is 8.90. The maximum absolute atomic E-state index is 13.8. The average molecular weight is 724 g/mol. The second-order valence-corrected chi connectivity index (χ2v) is 13.6. The quantitative estimate of drug-likeness (QED) is 0.158. The van der Waals surface area contributed by atoms with Crippen LogP contribution in [-0.2, 0) is 40.3 Å². The molecule has 0 heterocycles. The van der Waals surface area contributed by atoms with Gasteiger partial charge in [-0.05, 0) is 24.3 Å². The fourth-order valence-electron chi connectivity index (χ4n) is 2.09. The van der Waals surface area contributed by atoms with Crippen molar-refractivity contribution in [2.75, 3.05) is 0 Å². The smallest absolute Gasteiger partial charge is 0.378 e. The first kappa shape index (κ1) is 37.4. The Balaban J connectivity index is 3.35. The van der Waals surface area contributed by atoms with Crippen LogP contribution in [0.2, 0.25) is 0 Å². The van der Waals surface area contributed by atoms with Gasteiger partial charge < -0.3 is 4.18 Å². The standard InChI is InChI=1S/C13H8F12N2O11S4/c14-8(15,10(18,19)39(26,29)30)13(24,25)42(36,37)38-6-3-1-5(2-4-6)7(28)27-40(31,32)11(20,21)9(16,17)12(22,23)41(33,34)35/h1-4H,(H,27,28)(H2,26,29,30)(H,33,34,35). The van der Waals surface area contributed by atoms with Gasteiger partial charge in [-0.1, -0.05) is 0 Å². The SMILES string of the molecule is NS(=O)(=O)C(F)(F)C(F)(F)C(F)(F)S(=O)(=O)Oc1ccc(C(=O)NS(=O)(=O)C(F)(F)C(F)(F)C(F)(F)S(=O)(=O)O)cc1. The van der Waals surface area contributed by atoms with E-state index in [1.54, 1.807) is 0 Å². The first-order valence-corrected chi connectivity index (χ1v) is 14.8. The molecule has 0 saturated heterocycles. The molecule has 13 nitrogen and oxygen atoms in total. The molecule has 0 spiro atoms. The van der Waals surface area contributed by atoms with Crippen molar-refractivity contribution in [2.45, 2.75) is 32.9 Å². The van der Waals surface area contributed by atoms with Gasteiger partial charge in [-0.15, -0.1) is 0 Å². The third kappa shape index (κ3) is 5.67. The Morgan fingerprint density at radius 1 is 0.667 bits per heavy atom. The number of benzene rings is 1. The zero-order chi connectivity index (χ0) is 34.0. The minimum atomic E-state index is -7.47. The normalized spacial score (nSPS) is 15.3. The van der Waals surface area contributed by atoms with Gasteiger partial charge in [-0.2, -0.15) is 77.9 Å². The summed E-state index contributed by atoms with van der Waals surface area (Å²) in [5.74, 6) is -19.0. The highest BCUT2D eigenvalue weighted by atomic mass is 32.2. The van der Waals surface area contributed by atoms with E-state index in [1.165, 1.54) is 0 Å². The summed E-state index contributed by atoms with van der Waals surface area (Å²) in [6, 6.07) is -0.309. The molecule has 0 fully saturated rings. The maximum atomic E-state index is 13.8. The molecule has 29 heteroatoms. The summed E-state index contributed by atoms with van der Waals surface area (Å²) in [5, 5.41) is -24.7. The Kier molecular flexibility index (Phi) is 9.11. The van der Waals surface area contributed by atoms with Crippen LogP contribution in [0.1, 0.15) is 10.4 Å². The van der Waals surface area contributed by atoms with Crippen LogP contribution in [0.25, 0.3) is 0 Å². The summed E-state index contributed by atoms with van der Waals surface area (Å²) in [6.07, 6.45) is 0. The van der Waals surface area contributed by atoms with Crippen LogP contribution >= 0.6 is 0 Å². The minimum absolute atomic E-state index is 0.0476. The van der Waals surface area contributed by atoms with Crippen LogP contribution in [-0.4, -0.2) is 77.0 Å². The molecule has 0 aromatic heterocycles. The summed E-state index contributed by atoms with van der Waals surface area (Å²) >= 11 is 0. The van der Waals surface area contributed by atoms with Crippen molar-refractivity contribution >= 4 is 46.2 Å². The van der Waals surface area contributed by atoms with E-state index in [0.717, 1.165) is 0 Å². The summed E-state index contributed by atoms with van der Waals surface area (Å²) in [5.41, 5.74) is -1.41. The first-order valence-electron chi connectivity index (χ1n) is 8.94. The third-order valence-electron chi connectivity index (χ3n) is 4.34. The van der Waals surface area contributed by atoms with Gasteiger partial charge in [0.05, 0.1) is 0 Å². The van der Waals surface area contributed by atoms with E-state index >= 15 is 0 Å². The Morgan fingerprint density at radius 3 is 1.40 bits per heavy atom. The van der Waals surface area contributed by atoms with Crippen LogP contribution in [0.3, 0.4) is 0 Å². The highest BCUT2D eigenvalue weighted by molar-refractivity contribution is 7.91. The Bertz CT molecular complexity index is 1680. The predicted molar refractivity (Wildman–Crippen MR) is 107 cm³/mol. The lowest BCUT2D eigenvalue weighted by Gasteiger charge is -2.30. The molecule has 0 radical (unpaired) electrons. The Hall–Kier alpha value is -2.63. The van der Waals surface area contributed by atoms with Crippen molar-refractivity contribution in [3.8, 4) is 5.75 Å². The number of alkyl halides is 12. The number of carbonyl (C=O) groups excluding carboxylic acids is 1. The highest BCUT2D eigenvalue weighted by Gasteiger charge is 2.83. The van der Waals surface area contributed by atoms with Crippen molar-refractivity contribution in [1.29, 1.82) is 0 Å². The van der Waals surface area contributed by atoms with Crippen molar-refractivity contribution in [1.82, 2.24) is 4.72 Å². The van der Waals surface area contributed by atoms with Crippen molar-refractivity contribution in [2.24, 2.45) is 5.14 Å². The molecule has 42 heavy (non-hydrogen) atoms. The van der Waals surface area contributed by atoms with Gasteiger partial charge in [0.1, 0.15) is 5.75 Å². The van der Waals surface area contributed by atoms with E-state index in [0.29, 0.717) is 0 Å². The monoisotopic (exact) mass is 724 g/mol. The number of carbonyl (C=O) groups is 1. The molecular weight excluding hydrogens is 716 g/mol. The van der Waals surface area contributed by atoms with E-state index in [-0.39, 0.29) is 29.0 Å². The van der Waals surface area contributed by atoms with E-state index in [2.05, 4.69) is 9.32 Å². The number of nitrogens with one attached hydrogen (secondary N) is 1. The summed E-state index contributed by atoms with van der Waals surface area (Å²) in [6.45, 7) is 0. The minimum Gasteiger partial charge on any atom is -0.378 e. The fraction of sp³-hybridized carbons (Fsp3) is 0.462. The van der Waals surface area contributed by atoms with Crippen LogP contribution in [0.15, 0.2) is 24.3 Å². The number of nitrogens with two attached hydrogens (primary N) is 1. The zero-order valence-corrected chi connectivity index (χ0v) is 21.9. The van der Waals surface area contributed by atoms with Gasteiger partial charge in [-0.25, -0.2) is 18.3 Å². The number of rotatable bonds is 12. The van der Waals surface area contributed by atoms with Crippen LogP contribution < -0.4 is 14.0 Å². The van der Waals surface area contributed by atoms with Gasteiger partial charge in [0.15, 0.2) is 0 Å². The lowest BCUT2D eigenvalue weighted by Crippen LogP contribution is -2.63. The van der Waals surface area contributed by atoms with Gasteiger partial charge in [0, 0.05) is 5.56 Å². The van der Waals surface area contributed by atoms with Gasteiger partial charge in [0.2, 0.25) is 0 Å². The molecule has 1 aromatic rings. The van der Waals surface area contributed by atoms with Gasteiger partial charge >= 0.3 is 63.1 Å². The fourth-order valence-corrected chi connectivity index (χ4v) is 5.03. The summed E-state index contributed by atoms with van der Waals surface area (Å²) in [7, 11) is -29.1. The number of hydrogen-bond donors (Lipinski definition) is 3. The number of primary sulfonamides is 1. The van der Waals surface area contributed by atoms with E-state index < -0.39 is 90.4 Å². The van der Waals surface area contributed by atoms with Crippen LogP contribution in [0.4, 0.5) is 52.7 Å². The second kappa shape index (κ2) is 10.2. The van der Waals surface area contributed by atoms with E-state index in [1.807, 2.05) is 0 Å². The van der Waals surface area contributed by atoms with Gasteiger partial charge in [0.25, 0.3) is 15.9 Å². The number of halogens is 12. The number of hydrogen-bond acceptors (Lipinski definition) is 10. The maximum Gasteiger partial charge on any atom is 0.450 e. The van der Waals surface area contributed by atoms with E-state index in [4.69, 9.17) is 4.55 Å². The molecule has 0 aliphatic rings. The molecule has 0 saturated carbocycles. The molecule has 1 aromatic carbocycles. The molecule has 1 amide bonds. The molecule has 0 bridgehead atoms. The highest BCUT2D eigenvalue weighted by Crippen LogP contribution is 2.51. The lowest BCUT2D eigenvalue weighted by molar-refractivity contribution is -0.245.